The monoisotopic (exact) mass is 162 g/mol. The molecule has 0 aromatic carbocycles. The summed E-state index contributed by atoms with van der Waals surface area (Å²) >= 11 is 0. The molecule has 0 bridgehead atoms. The maximum absolute atomic E-state index is 10.8. The number of hydrogen-bond donors (Lipinski definition) is 0. The maximum atomic E-state index is 10.8. The van der Waals surface area contributed by atoms with Crippen LogP contribution in [0.3, 0.4) is 0 Å². The van der Waals surface area contributed by atoms with Gasteiger partial charge in [0.2, 0.25) is 0 Å². The Hall–Kier alpha value is -1.03. The molecule has 0 aromatic rings. The van der Waals surface area contributed by atoms with E-state index in [4.69, 9.17) is 0 Å². The third-order valence-electron chi connectivity index (χ3n) is 1.88. The van der Waals surface area contributed by atoms with Crippen LogP contribution in [0.15, 0.2) is 11.6 Å². The zero-order valence-corrected chi connectivity index (χ0v) is 7.52. The molecule has 0 amide bonds. The van der Waals surface area contributed by atoms with Gasteiger partial charge in [0.1, 0.15) is 0 Å². The summed E-state index contributed by atoms with van der Waals surface area (Å²) in [7, 11) is 0. The number of hydrogen-bond acceptors (Lipinski definition) is 1. The lowest BCUT2D eigenvalue weighted by Crippen LogP contribution is -1.80. The van der Waals surface area contributed by atoms with Crippen molar-refractivity contribution in [3.05, 3.63) is 11.6 Å². The fourth-order valence-electron chi connectivity index (χ4n) is 1.14. The van der Waals surface area contributed by atoms with E-state index in [2.05, 4.69) is 18.8 Å². The van der Waals surface area contributed by atoms with Gasteiger partial charge >= 0.3 is 0 Å². The van der Waals surface area contributed by atoms with Gasteiger partial charge in [0.05, 0.1) is 0 Å². The molecule has 12 heavy (non-hydrogen) atoms. The van der Waals surface area contributed by atoms with Crippen molar-refractivity contribution in [1.29, 1.82) is 0 Å². The van der Waals surface area contributed by atoms with E-state index in [-0.39, 0.29) is 5.78 Å². The molecule has 0 heterocycles. The van der Waals surface area contributed by atoms with Gasteiger partial charge in [0.25, 0.3) is 0 Å². The van der Waals surface area contributed by atoms with Gasteiger partial charge in [-0.1, -0.05) is 25.2 Å². The van der Waals surface area contributed by atoms with Crippen molar-refractivity contribution in [3.8, 4) is 11.8 Å². The van der Waals surface area contributed by atoms with Crippen LogP contribution in [0, 0.1) is 11.8 Å². The van der Waals surface area contributed by atoms with Crippen molar-refractivity contribution in [2.24, 2.45) is 0 Å². The van der Waals surface area contributed by atoms with E-state index in [1.807, 2.05) is 0 Å². The van der Waals surface area contributed by atoms with Crippen LogP contribution in [0.1, 0.15) is 39.0 Å². The Morgan fingerprint density at radius 1 is 1.50 bits per heavy atom. The molecule has 0 radical (unpaired) electrons. The van der Waals surface area contributed by atoms with Crippen molar-refractivity contribution in [1.82, 2.24) is 0 Å². The Bertz CT molecular complexity index is 250. The molecule has 1 nitrogen and oxygen atoms in total. The maximum Gasteiger partial charge on any atom is 0.156 e. The first-order chi connectivity index (χ1) is 5.83. The summed E-state index contributed by atoms with van der Waals surface area (Å²) in [5.74, 6) is 6.35. The molecule has 0 fully saturated rings. The van der Waals surface area contributed by atoms with Crippen molar-refractivity contribution in [2.45, 2.75) is 39.0 Å². The van der Waals surface area contributed by atoms with Gasteiger partial charge in [-0.2, -0.15) is 0 Å². The summed E-state index contributed by atoms with van der Waals surface area (Å²) in [6.07, 6.45) is 6.51. The summed E-state index contributed by atoms with van der Waals surface area (Å²) in [6.45, 7) is 2.15. The van der Waals surface area contributed by atoms with Crippen LogP contribution in [-0.2, 0) is 4.79 Å². The molecular formula is C11H14O. The van der Waals surface area contributed by atoms with Gasteiger partial charge in [-0.25, -0.2) is 0 Å². The Labute approximate surface area is 73.9 Å². The first-order valence-electron chi connectivity index (χ1n) is 4.55. The second-order valence-electron chi connectivity index (χ2n) is 3.04. The van der Waals surface area contributed by atoms with Crippen LogP contribution in [0.4, 0.5) is 0 Å². The molecular weight excluding hydrogens is 148 g/mol. The third kappa shape index (κ3) is 2.92. The summed E-state index contributed by atoms with van der Waals surface area (Å²) in [5, 5.41) is 0. The third-order valence-corrected chi connectivity index (χ3v) is 1.88. The van der Waals surface area contributed by atoms with E-state index in [0.717, 1.165) is 24.8 Å². The molecule has 1 rings (SSSR count). The fourth-order valence-corrected chi connectivity index (χ4v) is 1.14. The van der Waals surface area contributed by atoms with Crippen LogP contribution in [0.5, 0.6) is 0 Å². The van der Waals surface area contributed by atoms with E-state index in [1.165, 1.54) is 6.42 Å². The molecule has 0 saturated heterocycles. The molecule has 0 aromatic heterocycles. The van der Waals surface area contributed by atoms with Gasteiger partial charge in [0, 0.05) is 18.4 Å². The van der Waals surface area contributed by atoms with E-state index in [9.17, 15) is 4.79 Å². The minimum atomic E-state index is 0.231. The van der Waals surface area contributed by atoms with E-state index in [1.54, 1.807) is 6.08 Å². The first kappa shape index (κ1) is 9.06. The summed E-state index contributed by atoms with van der Waals surface area (Å²) < 4.78 is 0. The molecule has 0 unspecified atom stereocenters. The Kier molecular flexibility index (Phi) is 3.60. The van der Waals surface area contributed by atoms with Gasteiger partial charge in [-0.15, -0.1) is 0 Å². The SMILES string of the molecule is CCCCC#CC1=CC(=O)CC1. The summed E-state index contributed by atoms with van der Waals surface area (Å²) in [6, 6.07) is 0. The molecule has 1 heteroatoms. The van der Waals surface area contributed by atoms with E-state index < -0.39 is 0 Å². The zero-order chi connectivity index (χ0) is 8.81. The molecule has 0 spiro atoms. The van der Waals surface area contributed by atoms with Crippen molar-refractivity contribution < 1.29 is 4.79 Å². The van der Waals surface area contributed by atoms with Crippen LogP contribution in [0.2, 0.25) is 0 Å². The van der Waals surface area contributed by atoms with Crippen molar-refractivity contribution >= 4 is 5.78 Å². The molecule has 1 aliphatic carbocycles. The van der Waals surface area contributed by atoms with E-state index in [0.29, 0.717) is 6.42 Å². The zero-order valence-electron chi connectivity index (χ0n) is 7.52. The minimum Gasteiger partial charge on any atom is -0.295 e. The largest absolute Gasteiger partial charge is 0.295 e. The number of allylic oxidation sites excluding steroid dienone is 2. The average Bonchev–Trinajstić information content (AvgIpc) is 2.45. The predicted molar refractivity (Wildman–Crippen MR) is 49.6 cm³/mol. The highest BCUT2D eigenvalue weighted by atomic mass is 16.1. The van der Waals surface area contributed by atoms with Gasteiger partial charge in [-0.3, -0.25) is 4.79 Å². The highest BCUT2D eigenvalue weighted by Crippen LogP contribution is 2.13. The van der Waals surface area contributed by atoms with Crippen LogP contribution < -0.4 is 0 Å². The standard InChI is InChI=1S/C11H14O/c1-2-3-4-5-6-10-7-8-11(12)9-10/h9H,2-4,7-8H2,1H3. The highest BCUT2D eigenvalue weighted by Gasteiger charge is 2.08. The molecule has 1 aliphatic rings. The highest BCUT2D eigenvalue weighted by molar-refractivity contribution is 5.93. The number of ketones is 1. The van der Waals surface area contributed by atoms with Crippen LogP contribution in [-0.4, -0.2) is 5.78 Å². The predicted octanol–water partition coefficient (Wildman–Crippen LogP) is 2.47. The van der Waals surface area contributed by atoms with Gasteiger partial charge in [-0.05, 0) is 18.9 Å². The van der Waals surface area contributed by atoms with Crippen molar-refractivity contribution in [2.75, 3.05) is 0 Å². The Morgan fingerprint density at radius 2 is 2.33 bits per heavy atom. The van der Waals surface area contributed by atoms with Crippen LogP contribution >= 0.6 is 0 Å². The number of unbranched alkanes of at least 4 members (excludes halogenated alkanes) is 2. The topological polar surface area (TPSA) is 17.1 Å². The number of carbonyl (C=O) groups excluding carboxylic acids is 1. The van der Waals surface area contributed by atoms with Gasteiger partial charge < -0.3 is 0 Å². The number of rotatable bonds is 2. The quantitative estimate of drug-likeness (QED) is 0.450. The molecule has 0 saturated carbocycles. The van der Waals surface area contributed by atoms with E-state index >= 15 is 0 Å². The normalized spacial score (nSPS) is 15.4. The number of carbonyl (C=O) groups is 1. The lowest BCUT2D eigenvalue weighted by atomic mass is 10.2. The molecule has 64 valence electrons. The molecule has 0 aliphatic heterocycles. The van der Waals surface area contributed by atoms with Crippen LogP contribution in [0.25, 0.3) is 0 Å². The lowest BCUT2D eigenvalue weighted by molar-refractivity contribution is -0.114. The Morgan fingerprint density at radius 3 is 2.92 bits per heavy atom. The smallest absolute Gasteiger partial charge is 0.156 e. The fraction of sp³-hybridized carbons (Fsp3) is 0.545. The average molecular weight is 162 g/mol. The second-order valence-corrected chi connectivity index (χ2v) is 3.04. The van der Waals surface area contributed by atoms with Gasteiger partial charge in [0.15, 0.2) is 5.78 Å². The molecule has 0 N–H and O–H groups in total. The van der Waals surface area contributed by atoms with Crippen molar-refractivity contribution in [3.63, 3.8) is 0 Å². The minimum absolute atomic E-state index is 0.231. The first-order valence-corrected chi connectivity index (χ1v) is 4.55. The second kappa shape index (κ2) is 4.77. The lowest BCUT2D eigenvalue weighted by Gasteiger charge is -1.85. The molecule has 0 atom stereocenters. The Balaban J connectivity index is 2.33. The summed E-state index contributed by atoms with van der Waals surface area (Å²) in [4.78, 5) is 10.8. The summed E-state index contributed by atoms with van der Waals surface area (Å²) in [5.41, 5.74) is 1.02.